The van der Waals surface area contributed by atoms with Crippen molar-refractivity contribution in [3.05, 3.63) is 28.0 Å². The molecular formula is C15H20N2O6. The van der Waals surface area contributed by atoms with Crippen LogP contribution in [0.25, 0.3) is 0 Å². The van der Waals surface area contributed by atoms with Crippen molar-refractivity contribution in [3.63, 3.8) is 0 Å². The summed E-state index contributed by atoms with van der Waals surface area (Å²) < 4.78 is 9.75. The van der Waals surface area contributed by atoms with E-state index in [1.165, 1.54) is 6.92 Å². The monoisotopic (exact) mass is 324 g/mol. The summed E-state index contributed by atoms with van der Waals surface area (Å²) in [6.07, 6.45) is 3.21. The number of carbonyl (C=O) groups excluding carboxylic acids is 2. The van der Waals surface area contributed by atoms with Crippen molar-refractivity contribution in [2.24, 2.45) is 5.92 Å². The normalized spacial score (nSPS) is 22.2. The number of hydrogen-bond donors (Lipinski definition) is 1. The van der Waals surface area contributed by atoms with Crippen LogP contribution in [0.15, 0.2) is 16.5 Å². The molecule has 0 bridgehead atoms. The molecule has 0 radical (unpaired) electrons. The van der Waals surface area contributed by atoms with E-state index in [4.69, 9.17) is 9.15 Å². The average molecular weight is 324 g/mol. The molecule has 0 saturated heterocycles. The summed E-state index contributed by atoms with van der Waals surface area (Å²) in [6, 6.07) is 2.29. The SMILES string of the molecule is C[C@H](OC(=O)c1ccc([N+](=O)[O-])o1)C(=O)N[C@@H]1CCCC[C@@H]1C. The minimum atomic E-state index is -0.999. The zero-order valence-electron chi connectivity index (χ0n) is 13.1. The van der Waals surface area contributed by atoms with Crippen molar-refractivity contribution in [2.75, 3.05) is 0 Å². The topological polar surface area (TPSA) is 112 Å². The molecule has 1 saturated carbocycles. The van der Waals surface area contributed by atoms with Crippen LogP contribution >= 0.6 is 0 Å². The second-order valence-electron chi connectivity index (χ2n) is 5.82. The predicted octanol–water partition coefficient (Wildman–Crippen LogP) is 2.43. The summed E-state index contributed by atoms with van der Waals surface area (Å²) in [4.78, 5) is 33.7. The molecule has 23 heavy (non-hydrogen) atoms. The number of ether oxygens (including phenoxy) is 1. The van der Waals surface area contributed by atoms with Gasteiger partial charge in [0.05, 0.1) is 6.07 Å². The zero-order valence-corrected chi connectivity index (χ0v) is 13.1. The Morgan fingerprint density at radius 2 is 2.09 bits per heavy atom. The first kappa shape index (κ1) is 17.0. The zero-order chi connectivity index (χ0) is 17.0. The van der Waals surface area contributed by atoms with Gasteiger partial charge in [-0.3, -0.25) is 14.9 Å². The summed E-state index contributed by atoms with van der Waals surface area (Å²) in [5, 5.41) is 13.4. The maximum atomic E-state index is 12.1. The molecule has 0 aliphatic heterocycles. The maximum Gasteiger partial charge on any atom is 0.433 e. The molecule has 0 spiro atoms. The van der Waals surface area contributed by atoms with Crippen LogP contribution < -0.4 is 5.32 Å². The first-order valence-corrected chi connectivity index (χ1v) is 7.64. The van der Waals surface area contributed by atoms with E-state index >= 15 is 0 Å². The van der Waals surface area contributed by atoms with E-state index in [1.807, 2.05) is 0 Å². The highest BCUT2D eigenvalue weighted by atomic mass is 16.7. The van der Waals surface area contributed by atoms with Gasteiger partial charge in [0.15, 0.2) is 6.10 Å². The van der Waals surface area contributed by atoms with Gasteiger partial charge in [-0.15, -0.1) is 0 Å². The van der Waals surface area contributed by atoms with E-state index in [-0.39, 0.29) is 17.7 Å². The number of esters is 1. The molecule has 1 N–H and O–H groups in total. The Hall–Kier alpha value is -2.38. The number of furan rings is 1. The van der Waals surface area contributed by atoms with Gasteiger partial charge in [-0.2, -0.15) is 0 Å². The van der Waals surface area contributed by atoms with Crippen molar-refractivity contribution in [1.29, 1.82) is 0 Å². The number of amides is 1. The van der Waals surface area contributed by atoms with Crippen LogP contribution in [0.3, 0.4) is 0 Å². The second-order valence-corrected chi connectivity index (χ2v) is 5.82. The van der Waals surface area contributed by atoms with Gasteiger partial charge < -0.3 is 14.5 Å². The van der Waals surface area contributed by atoms with Crippen LogP contribution in [-0.2, 0) is 9.53 Å². The molecule has 1 aromatic rings. The first-order chi connectivity index (χ1) is 10.9. The van der Waals surface area contributed by atoms with Gasteiger partial charge in [-0.1, -0.05) is 19.8 Å². The van der Waals surface area contributed by atoms with Gasteiger partial charge >= 0.3 is 11.9 Å². The molecule has 1 heterocycles. The van der Waals surface area contributed by atoms with Crippen LogP contribution in [0.1, 0.15) is 50.1 Å². The molecule has 1 aliphatic rings. The molecule has 1 fully saturated rings. The fourth-order valence-corrected chi connectivity index (χ4v) is 2.64. The highest BCUT2D eigenvalue weighted by molar-refractivity contribution is 5.90. The lowest BCUT2D eigenvalue weighted by Crippen LogP contribution is -2.45. The lowest BCUT2D eigenvalue weighted by molar-refractivity contribution is -0.402. The number of nitrogens with one attached hydrogen (secondary N) is 1. The molecule has 8 heteroatoms. The third-order valence-electron chi connectivity index (χ3n) is 4.07. The summed E-state index contributed by atoms with van der Waals surface area (Å²) in [6.45, 7) is 3.54. The third-order valence-corrected chi connectivity index (χ3v) is 4.07. The Morgan fingerprint density at radius 1 is 1.39 bits per heavy atom. The number of nitro groups is 1. The van der Waals surface area contributed by atoms with Crippen molar-refractivity contribution < 1.29 is 23.7 Å². The number of hydrogen-bond acceptors (Lipinski definition) is 6. The summed E-state index contributed by atoms with van der Waals surface area (Å²) in [5.41, 5.74) is 0. The van der Waals surface area contributed by atoms with Gasteiger partial charge in [-0.25, -0.2) is 4.79 Å². The smallest absolute Gasteiger partial charge is 0.433 e. The fourth-order valence-electron chi connectivity index (χ4n) is 2.64. The maximum absolute atomic E-state index is 12.1. The Balaban J connectivity index is 1.89. The Bertz CT molecular complexity index is 597. The van der Waals surface area contributed by atoms with Gasteiger partial charge in [-0.05, 0) is 31.7 Å². The van der Waals surface area contributed by atoms with E-state index in [2.05, 4.69) is 12.2 Å². The molecule has 1 aromatic heterocycles. The molecule has 1 aliphatic carbocycles. The van der Waals surface area contributed by atoms with Gasteiger partial charge in [0.2, 0.25) is 5.76 Å². The van der Waals surface area contributed by atoms with Gasteiger partial charge in [0, 0.05) is 6.04 Å². The van der Waals surface area contributed by atoms with Crippen molar-refractivity contribution in [2.45, 2.75) is 51.7 Å². The summed E-state index contributed by atoms with van der Waals surface area (Å²) in [5.74, 6) is -1.74. The van der Waals surface area contributed by atoms with Crippen LogP contribution in [-0.4, -0.2) is 28.9 Å². The van der Waals surface area contributed by atoms with Crippen molar-refractivity contribution >= 4 is 17.8 Å². The number of rotatable bonds is 5. The summed E-state index contributed by atoms with van der Waals surface area (Å²) >= 11 is 0. The summed E-state index contributed by atoms with van der Waals surface area (Å²) in [7, 11) is 0. The lowest BCUT2D eigenvalue weighted by Gasteiger charge is -2.30. The van der Waals surface area contributed by atoms with E-state index in [9.17, 15) is 19.7 Å². The van der Waals surface area contributed by atoms with Gasteiger partial charge in [0.25, 0.3) is 5.91 Å². The minimum absolute atomic E-state index is 0.0853. The second kappa shape index (κ2) is 7.26. The Kier molecular flexibility index (Phi) is 5.36. The molecular weight excluding hydrogens is 304 g/mol. The quantitative estimate of drug-likeness (QED) is 0.506. The molecule has 3 atom stereocenters. The predicted molar refractivity (Wildman–Crippen MR) is 79.8 cm³/mol. The highest BCUT2D eigenvalue weighted by Crippen LogP contribution is 2.24. The molecule has 0 unspecified atom stereocenters. The Labute approximate surface area is 133 Å². The van der Waals surface area contributed by atoms with E-state index in [0.717, 1.165) is 37.8 Å². The van der Waals surface area contributed by atoms with Crippen molar-refractivity contribution in [1.82, 2.24) is 5.32 Å². The van der Waals surface area contributed by atoms with E-state index in [0.29, 0.717) is 5.92 Å². The van der Waals surface area contributed by atoms with E-state index < -0.39 is 22.9 Å². The number of nitrogens with zero attached hydrogens (tertiary/aromatic N) is 1. The van der Waals surface area contributed by atoms with Gasteiger partial charge in [0.1, 0.15) is 4.92 Å². The molecule has 1 amide bonds. The molecule has 2 rings (SSSR count). The standard InChI is InChI=1S/C15H20N2O6/c1-9-5-3-4-6-11(9)16-14(18)10(2)22-15(19)12-7-8-13(23-12)17(20)21/h7-11H,3-6H2,1-2H3,(H,16,18)/t9-,10-,11+/m0/s1. The minimum Gasteiger partial charge on any atom is -0.447 e. The molecule has 0 aromatic carbocycles. The largest absolute Gasteiger partial charge is 0.447 e. The highest BCUT2D eigenvalue weighted by Gasteiger charge is 2.27. The van der Waals surface area contributed by atoms with Crippen molar-refractivity contribution in [3.8, 4) is 0 Å². The average Bonchev–Trinajstić information content (AvgIpc) is 2.99. The van der Waals surface area contributed by atoms with Crippen LogP contribution in [0.4, 0.5) is 5.88 Å². The third kappa shape index (κ3) is 4.30. The van der Waals surface area contributed by atoms with Crippen LogP contribution in [0.5, 0.6) is 0 Å². The fraction of sp³-hybridized carbons (Fsp3) is 0.600. The Morgan fingerprint density at radius 3 is 2.70 bits per heavy atom. The number of carbonyl (C=O) groups is 2. The molecule has 8 nitrogen and oxygen atoms in total. The van der Waals surface area contributed by atoms with Crippen LogP contribution in [0, 0.1) is 16.0 Å². The van der Waals surface area contributed by atoms with Crippen LogP contribution in [0.2, 0.25) is 0 Å². The lowest BCUT2D eigenvalue weighted by atomic mass is 9.86. The molecule has 126 valence electrons. The van der Waals surface area contributed by atoms with E-state index in [1.54, 1.807) is 0 Å². The first-order valence-electron chi connectivity index (χ1n) is 7.64.